The Kier molecular flexibility index (Phi) is 4.63. The molecule has 124 valence electrons. The summed E-state index contributed by atoms with van der Waals surface area (Å²) >= 11 is 0. The molecule has 0 bridgehead atoms. The Bertz CT molecular complexity index is 624. The molecule has 2 aliphatic heterocycles. The smallest absolute Gasteiger partial charge is 0.224 e. The zero-order chi connectivity index (χ0) is 16.4. The number of hydrogen-bond donors (Lipinski definition) is 3. The number of benzene rings is 1. The largest absolute Gasteiger partial charge is 0.506 e. The molecule has 1 atom stereocenters. The lowest BCUT2D eigenvalue weighted by Gasteiger charge is -2.34. The van der Waals surface area contributed by atoms with Gasteiger partial charge in [-0.3, -0.25) is 14.5 Å². The average Bonchev–Trinajstić information content (AvgIpc) is 2.57. The SMILES string of the molecule is CCC(C(=O)c1ccc(O)c2c1CCC(=O)N2)N1CCNCC1. The van der Waals surface area contributed by atoms with Crippen LogP contribution in [0.2, 0.25) is 0 Å². The van der Waals surface area contributed by atoms with Crippen LogP contribution in [0.5, 0.6) is 5.75 Å². The van der Waals surface area contributed by atoms with E-state index in [1.807, 2.05) is 6.92 Å². The van der Waals surface area contributed by atoms with Crippen molar-refractivity contribution in [3.05, 3.63) is 23.3 Å². The number of nitrogens with one attached hydrogen (secondary N) is 2. The number of ketones is 1. The summed E-state index contributed by atoms with van der Waals surface area (Å²) in [6.07, 6.45) is 1.59. The summed E-state index contributed by atoms with van der Waals surface area (Å²) in [7, 11) is 0. The predicted octanol–water partition coefficient (Wildman–Crippen LogP) is 1.14. The van der Waals surface area contributed by atoms with Crippen molar-refractivity contribution in [2.75, 3.05) is 31.5 Å². The number of hydrogen-bond acceptors (Lipinski definition) is 5. The first-order valence-corrected chi connectivity index (χ1v) is 8.25. The van der Waals surface area contributed by atoms with Crippen LogP contribution in [0.1, 0.15) is 35.7 Å². The highest BCUT2D eigenvalue weighted by atomic mass is 16.3. The Morgan fingerprint density at radius 3 is 2.74 bits per heavy atom. The Labute approximate surface area is 135 Å². The highest BCUT2D eigenvalue weighted by Crippen LogP contribution is 2.35. The van der Waals surface area contributed by atoms with Crippen molar-refractivity contribution in [2.45, 2.75) is 32.2 Å². The molecule has 0 saturated carbocycles. The van der Waals surface area contributed by atoms with Gasteiger partial charge in [-0.05, 0) is 30.5 Å². The van der Waals surface area contributed by atoms with E-state index in [1.54, 1.807) is 6.07 Å². The van der Waals surface area contributed by atoms with Crippen LogP contribution in [-0.4, -0.2) is 53.9 Å². The Morgan fingerprint density at radius 2 is 2.04 bits per heavy atom. The number of carbonyl (C=O) groups is 2. The number of phenols is 1. The molecule has 1 unspecified atom stereocenters. The number of fused-ring (bicyclic) bond motifs is 1. The third-order valence-electron chi connectivity index (χ3n) is 4.70. The topological polar surface area (TPSA) is 81.7 Å². The number of Topliss-reactive ketones (excluding diaryl/α,β-unsaturated/α-hetero) is 1. The predicted molar refractivity (Wildman–Crippen MR) is 87.9 cm³/mol. The summed E-state index contributed by atoms with van der Waals surface area (Å²) in [5.74, 6) is -0.00633. The van der Waals surface area contributed by atoms with Crippen molar-refractivity contribution in [3.8, 4) is 5.75 Å². The number of aromatic hydroxyl groups is 1. The average molecular weight is 317 g/mol. The molecule has 3 N–H and O–H groups in total. The molecule has 0 aromatic heterocycles. The zero-order valence-electron chi connectivity index (χ0n) is 13.4. The number of phenolic OH excluding ortho intramolecular Hbond substituents is 1. The Hall–Kier alpha value is -1.92. The van der Waals surface area contributed by atoms with Gasteiger partial charge in [-0.25, -0.2) is 0 Å². The Morgan fingerprint density at radius 1 is 1.30 bits per heavy atom. The van der Waals surface area contributed by atoms with Gasteiger partial charge in [0.25, 0.3) is 0 Å². The van der Waals surface area contributed by atoms with Gasteiger partial charge in [0.1, 0.15) is 5.75 Å². The number of piperazine rings is 1. The number of carbonyl (C=O) groups excluding carboxylic acids is 2. The molecular formula is C17H23N3O3. The maximum absolute atomic E-state index is 13.1. The lowest BCUT2D eigenvalue weighted by molar-refractivity contribution is -0.116. The molecule has 1 saturated heterocycles. The first kappa shape index (κ1) is 16.0. The minimum absolute atomic E-state index is 0.0276. The van der Waals surface area contributed by atoms with E-state index >= 15 is 0 Å². The van der Waals surface area contributed by atoms with Gasteiger partial charge < -0.3 is 15.7 Å². The second-order valence-electron chi connectivity index (χ2n) is 6.11. The van der Waals surface area contributed by atoms with Crippen molar-refractivity contribution >= 4 is 17.4 Å². The molecule has 1 aromatic rings. The van der Waals surface area contributed by atoms with Gasteiger partial charge >= 0.3 is 0 Å². The molecule has 3 rings (SSSR count). The summed E-state index contributed by atoms with van der Waals surface area (Å²) in [5.41, 5.74) is 1.80. The van der Waals surface area contributed by atoms with Crippen LogP contribution in [0.25, 0.3) is 0 Å². The van der Waals surface area contributed by atoms with E-state index in [2.05, 4.69) is 15.5 Å². The molecule has 23 heavy (non-hydrogen) atoms. The first-order valence-electron chi connectivity index (χ1n) is 8.25. The van der Waals surface area contributed by atoms with Crippen LogP contribution in [0.15, 0.2) is 12.1 Å². The van der Waals surface area contributed by atoms with Crippen LogP contribution in [0, 0.1) is 0 Å². The van der Waals surface area contributed by atoms with Crippen molar-refractivity contribution in [3.63, 3.8) is 0 Å². The maximum Gasteiger partial charge on any atom is 0.224 e. The van der Waals surface area contributed by atoms with Crippen LogP contribution in [-0.2, 0) is 11.2 Å². The van der Waals surface area contributed by atoms with Crippen molar-refractivity contribution in [1.29, 1.82) is 0 Å². The van der Waals surface area contributed by atoms with Crippen molar-refractivity contribution in [2.24, 2.45) is 0 Å². The number of nitrogens with zero attached hydrogens (tertiary/aromatic N) is 1. The van der Waals surface area contributed by atoms with E-state index in [0.717, 1.165) is 38.2 Å². The van der Waals surface area contributed by atoms with Crippen LogP contribution < -0.4 is 10.6 Å². The van der Waals surface area contributed by atoms with Gasteiger partial charge in [0.15, 0.2) is 5.78 Å². The van der Waals surface area contributed by atoms with Crippen molar-refractivity contribution in [1.82, 2.24) is 10.2 Å². The van der Waals surface area contributed by atoms with E-state index in [9.17, 15) is 14.7 Å². The molecule has 1 amide bonds. The summed E-state index contributed by atoms with van der Waals surface area (Å²) in [6.45, 7) is 5.54. The lowest BCUT2D eigenvalue weighted by Crippen LogP contribution is -2.51. The van der Waals surface area contributed by atoms with Gasteiger partial charge in [0, 0.05) is 38.2 Å². The summed E-state index contributed by atoms with van der Waals surface area (Å²) in [5, 5.41) is 16.0. The van der Waals surface area contributed by atoms with E-state index < -0.39 is 0 Å². The normalized spacial score (nSPS) is 19.8. The van der Waals surface area contributed by atoms with Crippen molar-refractivity contribution < 1.29 is 14.7 Å². The van der Waals surface area contributed by atoms with Gasteiger partial charge in [0.2, 0.25) is 5.91 Å². The number of anilines is 1. The molecule has 0 radical (unpaired) electrons. The van der Waals surface area contributed by atoms with Crippen LogP contribution in [0.4, 0.5) is 5.69 Å². The number of rotatable bonds is 4. The first-order chi connectivity index (χ1) is 11.1. The molecule has 6 nitrogen and oxygen atoms in total. The third-order valence-corrected chi connectivity index (χ3v) is 4.70. The summed E-state index contributed by atoms with van der Waals surface area (Å²) in [4.78, 5) is 26.9. The summed E-state index contributed by atoms with van der Waals surface area (Å²) < 4.78 is 0. The highest BCUT2D eigenvalue weighted by Gasteiger charge is 2.30. The fraction of sp³-hybridized carbons (Fsp3) is 0.529. The van der Waals surface area contributed by atoms with E-state index in [4.69, 9.17) is 0 Å². The highest BCUT2D eigenvalue weighted by molar-refractivity contribution is 6.05. The van der Waals surface area contributed by atoms with Gasteiger partial charge in [0.05, 0.1) is 11.7 Å². The molecule has 6 heteroatoms. The monoisotopic (exact) mass is 317 g/mol. The quantitative estimate of drug-likeness (QED) is 0.573. The van der Waals surface area contributed by atoms with Gasteiger partial charge in [-0.2, -0.15) is 0 Å². The third kappa shape index (κ3) is 3.09. The van der Waals surface area contributed by atoms with Crippen LogP contribution in [0.3, 0.4) is 0 Å². The molecule has 1 aromatic carbocycles. The zero-order valence-corrected chi connectivity index (χ0v) is 13.4. The van der Waals surface area contributed by atoms with E-state index in [1.165, 1.54) is 6.07 Å². The fourth-order valence-corrected chi connectivity index (χ4v) is 3.49. The maximum atomic E-state index is 13.1. The second-order valence-corrected chi connectivity index (χ2v) is 6.11. The van der Waals surface area contributed by atoms with Gasteiger partial charge in [-0.1, -0.05) is 6.92 Å². The molecule has 2 heterocycles. The molecule has 2 aliphatic rings. The molecule has 0 aliphatic carbocycles. The van der Waals surface area contributed by atoms with E-state index in [-0.39, 0.29) is 23.5 Å². The second kappa shape index (κ2) is 6.68. The van der Waals surface area contributed by atoms with E-state index in [0.29, 0.717) is 24.1 Å². The van der Waals surface area contributed by atoms with Gasteiger partial charge in [-0.15, -0.1) is 0 Å². The number of amides is 1. The fourth-order valence-electron chi connectivity index (χ4n) is 3.49. The lowest BCUT2D eigenvalue weighted by atomic mass is 9.90. The molecular weight excluding hydrogens is 294 g/mol. The standard InChI is InChI=1S/C17H23N3O3/c1-2-13(20-9-7-18-8-10-20)17(23)12-3-5-14(21)16-11(12)4-6-15(22)19-16/h3,5,13,18,21H,2,4,6-10H2,1H3,(H,19,22). The minimum Gasteiger partial charge on any atom is -0.506 e. The minimum atomic E-state index is -0.150. The summed E-state index contributed by atoms with van der Waals surface area (Å²) in [6, 6.07) is 3.05. The molecule has 0 spiro atoms. The Balaban J connectivity index is 1.92. The van der Waals surface area contributed by atoms with Crippen LogP contribution >= 0.6 is 0 Å². The molecule has 1 fully saturated rings.